The molecule has 1 unspecified atom stereocenters. The Morgan fingerprint density at radius 1 is 1.43 bits per heavy atom. The predicted octanol–water partition coefficient (Wildman–Crippen LogP) is 0.850. The molecule has 2 rings (SSSR count). The quantitative estimate of drug-likeness (QED) is 0.841. The molecule has 1 aliphatic rings. The van der Waals surface area contributed by atoms with E-state index < -0.39 is 9.84 Å². The Balaban J connectivity index is 2.00. The van der Waals surface area contributed by atoms with Crippen molar-refractivity contribution in [1.29, 1.82) is 0 Å². The van der Waals surface area contributed by atoms with Crippen LogP contribution in [0.4, 0.5) is 5.82 Å². The molecule has 1 saturated heterocycles. The fourth-order valence-corrected chi connectivity index (χ4v) is 4.26. The van der Waals surface area contributed by atoms with Crippen molar-refractivity contribution in [3.63, 3.8) is 0 Å². The van der Waals surface area contributed by atoms with Crippen LogP contribution in [-0.4, -0.2) is 44.4 Å². The standard InChI is InChI=1S/C14H21N3O3S/c1-3-12-6-11(7-13(15-2)17-12)14(18)16-8-10-4-5-21(19,20)9-10/h6-7,10H,3-5,8-9H2,1-2H3,(H,15,17)(H,16,18). The summed E-state index contributed by atoms with van der Waals surface area (Å²) in [7, 11) is -1.14. The normalized spacial score (nSPS) is 20.2. The third-order valence-corrected chi connectivity index (χ3v) is 5.47. The van der Waals surface area contributed by atoms with E-state index in [1.807, 2.05) is 6.92 Å². The van der Waals surface area contributed by atoms with Crippen molar-refractivity contribution in [2.24, 2.45) is 5.92 Å². The third-order valence-electron chi connectivity index (χ3n) is 3.64. The summed E-state index contributed by atoms with van der Waals surface area (Å²) >= 11 is 0. The lowest BCUT2D eigenvalue weighted by atomic mass is 10.1. The smallest absolute Gasteiger partial charge is 0.251 e. The maximum absolute atomic E-state index is 12.2. The zero-order chi connectivity index (χ0) is 15.5. The Kier molecular flexibility index (Phi) is 4.82. The number of rotatable bonds is 5. The van der Waals surface area contributed by atoms with E-state index in [1.165, 1.54) is 0 Å². The van der Waals surface area contributed by atoms with Crippen molar-refractivity contribution in [3.8, 4) is 0 Å². The number of sulfone groups is 1. The van der Waals surface area contributed by atoms with Crippen molar-refractivity contribution in [2.45, 2.75) is 19.8 Å². The zero-order valence-corrected chi connectivity index (χ0v) is 13.2. The summed E-state index contributed by atoms with van der Waals surface area (Å²) < 4.78 is 22.8. The van der Waals surface area contributed by atoms with E-state index in [0.29, 0.717) is 24.3 Å². The van der Waals surface area contributed by atoms with Gasteiger partial charge in [0.1, 0.15) is 5.82 Å². The molecule has 1 aromatic rings. The van der Waals surface area contributed by atoms with Crippen molar-refractivity contribution in [1.82, 2.24) is 10.3 Å². The molecule has 1 aromatic heterocycles. The molecule has 2 heterocycles. The van der Waals surface area contributed by atoms with E-state index >= 15 is 0 Å². The minimum Gasteiger partial charge on any atom is -0.373 e. The molecule has 0 aromatic carbocycles. The highest BCUT2D eigenvalue weighted by Crippen LogP contribution is 2.17. The van der Waals surface area contributed by atoms with Gasteiger partial charge in [-0.05, 0) is 30.9 Å². The number of carbonyl (C=O) groups is 1. The molecule has 1 amide bonds. The highest BCUT2D eigenvalue weighted by Gasteiger charge is 2.28. The molecule has 2 N–H and O–H groups in total. The molecular formula is C14H21N3O3S. The average molecular weight is 311 g/mol. The predicted molar refractivity (Wildman–Crippen MR) is 82.3 cm³/mol. The Morgan fingerprint density at radius 3 is 2.76 bits per heavy atom. The fourth-order valence-electron chi connectivity index (χ4n) is 2.40. The van der Waals surface area contributed by atoms with Gasteiger partial charge in [0.25, 0.3) is 5.91 Å². The van der Waals surface area contributed by atoms with Gasteiger partial charge in [0.05, 0.1) is 11.5 Å². The summed E-state index contributed by atoms with van der Waals surface area (Å²) in [6, 6.07) is 3.46. The van der Waals surface area contributed by atoms with Crippen LogP contribution in [0.25, 0.3) is 0 Å². The molecule has 1 fully saturated rings. The first-order valence-corrected chi connectivity index (χ1v) is 8.93. The van der Waals surface area contributed by atoms with Gasteiger partial charge >= 0.3 is 0 Å². The number of aryl methyl sites for hydroxylation is 1. The molecular weight excluding hydrogens is 290 g/mol. The van der Waals surface area contributed by atoms with E-state index in [1.54, 1.807) is 19.2 Å². The minimum absolute atomic E-state index is 0.0233. The number of aromatic nitrogens is 1. The number of nitrogens with zero attached hydrogens (tertiary/aromatic N) is 1. The molecule has 6 nitrogen and oxygen atoms in total. The van der Waals surface area contributed by atoms with Crippen LogP contribution in [-0.2, 0) is 16.3 Å². The Morgan fingerprint density at radius 2 is 2.19 bits per heavy atom. The third kappa shape index (κ3) is 4.17. The second-order valence-electron chi connectivity index (χ2n) is 5.32. The van der Waals surface area contributed by atoms with Gasteiger partial charge in [-0.15, -0.1) is 0 Å². The van der Waals surface area contributed by atoms with E-state index in [9.17, 15) is 13.2 Å². The maximum atomic E-state index is 12.2. The van der Waals surface area contributed by atoms with Crippen molar-refractivity contribution in [3.05, 3.63) is 23.4 Å². The van der Waals surface area contributed by atoms with E-state index in [2.05, 4.69) is 15.6 Å². The number of anilines is 1. The minimum atomic E-state index is -2.90. The van der Waals surface area contributed by atoms with Gasteiger partial charge in [-0.2, -0.15) is 0 Å². The van der Waals surface area contributed by atoms with Gasteiger partial charge in [0, 0.05) is 24.8 Å². The van der Waals surface area contributed by atoms with Crippen LogP contribution in [0.5, 0.6) is 0 Å². The van der Waals surface area contributed by atoms with Crippen LogP contribution >= 0.6 is 0 Å². The van der Waals surface area contributed by atoms with Gasteiger partial charge in [-0.1, -0.05) is 6.92 Å². The summed E-state index contributed by atoms with van der Waals surface area (Å²) in [5.74, 6) is 0.893. The first-order chi connectivity index (χ1) is 9.93. The van der Waals surface area contributed by atoms with Gasteiger partial charge in [0.15, 0.2) is 9.84 Å². The first kappa shape index (κ1) is 15.8. The molecule has 0 aliphatic carbocycles. The number of pyridine rings is 1. The second-order valence-corrected chi connectivity index (χ2v) is 7.54. The lowest BCUT2D eigenvalue weighted by Gasteiger charge is -2.11. The van der Waals surface area contributed by atoms with Gasteiger partial charge in [-0.3, -0.25) is 4.79 Å². The number of carbonyl (C=O) groups excluding carboxylic acids is 1. The Hall–Kier alpha value is -1.63. The number of hydrogen-bond acceptors (Lipinski definition) is 5. The second kappa shape index (κ2) is 6.43. The molecule has 1 atom stereocenters. The molecule has 21 heavy (non-hydrogen) atoms. The summed E-state index contributed by atoms with van der Waals surface area (Å²) in [5, 5.41) is 5.76. The fraction of sp³-hybridized carbons (Fsp3) is 0.571. The topological polar surface area (TPSA) is 88.2 Å². The highest BCUT2D eigenvalue weighted by atomic mass is 32.2. The van der Waals surface area contributed by atoms with Gasteiger partial charge < -0.3 is 10.6 Å². The lowest BCUT2D eigenvalue weighted by molar-refractivity contribution is 0.0948. The summed E-state index contributed by atoms with van der Waals surface area (Å²) in [6.45, 7) is 2.38. The molecule has 116 valence electrons. The first-order valence-electron chi connectivity index (χ1n) is 7.11. The van der Waals surface area contributed by atoms with Gasteiger partial charge in [0.2, 0.25) is 0 Å². The highest BCUT2D eigenvalue weighted by molar-refractivity contribution is 7.91. The van der Waals surface area contributed by atoms with Crippen LogP contribution < -0.4 is 10.6 Å². The largest absolute Gasteiger partial charge is 0.373 e. The molecule has 1 aliphatic heterocycles. The Labute approximate surface area is 125 Å². The number of amides is 1. The SMILES string of the molecule is CCc1cc(C(=O)NCC2CCS(=O)(=O)C2)cc(NC)n1. The van der Waals surface area contributed by atoms with E-state index in [0.717, 1.165) is 12.1 Å². The molecule has 0 spiro atoms. The number of hydrogen-bond donors (Lipinski definition) is 2. The van der Waals surface area contributed by atoms with Crippen molar-refractivity contribution < 1.29 is 13.2 Å². The summed E-state index contributed by atoms with van der Waals surface area (Å²) in [6.07, 6.45) is 1.37. The van der Waals surface area contributed by atoms with Crippen LogP contribution in [0.1, 0.15) is 29.4 Å². The van der Waals surface area contributed by atoms with Crippen LogP contribution in [0.3, 0.4) is 0 Å². The average Bonchev–Trinajstić information content (AvgIpc) is 2.83. The van der Waals surface area contributed by atoms with E-state index in [4.69, 9.17) is 0 Å². The Bertz CT molecular complexity index is 606. The van der Waals surface area contributed by atoms with Crippen LogP contribution in [0, 0.1) is 5.92 Å². The molecule has 0 radical (unpaired) electrons. The number of nitrogens with one attached hydrogen (secondary N) is 2. The monoisotopic (exact) mass is 311 g/mol. The van der Waals surface area contributed by atoms with Crippen molar-refractivity contribution in [2.75, 3.05) is 30.4 Å². The molecule has 0 saturated carbocycles. The molecule has 0 bridgehead atoms. The summed E-state index contributed by atoms with van der Waals surface area (Å²) in [5.41, 5.74) is 1.39. The zero-order valence-electron chi connectivity index (χ0n) is 12.3. The van der Waals surface area contributed by atoms with Crippen LogP contribution in [0.2, 0.25) is 0 Å². The maximum Gasteiger partial charge on any atom is 0.251 e. The van der Waals surface area contributed by atoms with Crippen LogP contribution in [0.15, 0.2) is 12.1 Å². The lowest BCUT2D eigenvalue weighted by Crippen LogP contribution is -2.30. The molecule has 7 heteroatoms. The van der Waals surface area contributed by atoms with Gasteiger partial charge in [-0.25, -0.2) is 13.4 Å². The summed E-state index contributed by atoms with van der Waals surface area (Å²) in [4.78, 5) is 16.5. The van der Waals surface area contributed by atoms with Crippen molar-refractivity contribution >= 4 is 21.6 Å². The van der Waals surface area contributed by atoms with E-state index in [-0.39, 0.29) is 23.3 Å².